The standard InChI is InChI=1S/C9H12FN/c1-2-9(11)7-5-3-4-6-8(7)10/h3-6,9H,2,11H2,1H3/t9-/m0/s1. The van der Waals surface area contributed by atoms with Gasteiger partial charge < -0.3 is 5.73 Å². The molecule has 0 fully saturated rings. The van der Waals surface area contributed by atoms with Crippen LogP contribution in [0.15, 0.2) is 24.3 Å². The summed E-state index contributed by atoms with van der Waals surface area (Å²) in [6.07, 6.45) is 0.765. The van der Waals surface area contributed by atoms with Crippen molar-refractivity contribution in [2.24, 2.45) is 5.73 Å². The second-order valence-corrected chi connectivity index (χ2v) is 2.54. The van der Waals surface area contributed by atoms with Crippen LogP contribution in [0.25, 0.3) is 0 Å². The third-order valence-corrected chi connectivity index (χ3v) is 1.74. The number of halogens is 1. The van der Waals surface area contributed by atoms with Crippen LogP contribution < -0.4 is 5.73 Å². The zero-order valence-electron chi connectivity index (χ0n) is 6.55. The molecule has 0 aromatic heterocycles. The Bertz CT molecular complexity index is 235. The van der Waals surface area contributed by atoms with Gasteiger partial charge in [0.1, 0.15) is 5.82 Å². The highest BCUT2D eigenvalue weighted by molar-refractivity contribution is 5.20. The van der Waals surface area contributed by atoms with Crippen molar-refractivity contribution >= 4 is 0 Å². The molecule has 0 bridgehead atoms. The van der Waals surface area contributed by atoms with Gasteiger partial charge >= 0.3 is 0 Å². The molecule has 1 nitrogen and oxygen atoms in total. The Morgan fingerprint density at radius 3 is 2.64 bits per heavy atom. The molecule has 1 atom stereocenters. The molecule has 0 unspecified atom stereocenters. The normalized spacial score (nSPS) is 13.0. The topological polar surface area (TPSA) is 26.0 Å². The Morgan fingerprint density at radius 1 is 1.45 bits per heavy atom. The van der Waals surface area contributed by atoms with Crippen LogP contribution in [0.5, 0.6) is 0 Å². The van der Waals surface area contributed by atoms with Crippen LogP contribution in [0.2, 0.25) is 0 Å². The third kappa shape index (κ3) is 1.77. The summed E-state index contributed by atoms with van der Waals surface area (Å²) in [5.74, 6) is -0.207. The molecule has 0 saturated carbocycles. The van der Waals surface area contributed by atoms with Crippen molar-refractivity contribution in [2.45, 2.75) is 19.4 Å². The Morgan fingerprint density at radius 2 is 2.09 bits per heavy atom. The minimum Gasteiger partial charge on any atom is -0.324 e. The fourth-order valence-corrected chi connectivity index (χ4v) is 0.996. The van der Waals surface area contributed by atoms with Crippen LogP contribution in [-0.2, 0) is 0 Å². The quantitative estimate of drug-likeness (QED) is 0.692. The van der Waals surface area contributed by atoms with Gasteiger partial charge in [0.05, 0.1) is 0 Å². The summed E-state index contributed by atoms with van der Waals surface area (Å²) in [7, 11) is 0. The molecule has 0 aliphatic rings. The first kappa shape index (κ1) is 8.21. The largest absolute Gasteiger partial charge is 0.324 e. The summed E-state index contributed by atoms with van der Waals surface area (Å²) in [5, 5.41) is 0. The average molecular weight is 153 g/mol. The molecule has 0 spiro atoms. The molecule has 0 heterocycles. The summed E-state index contributed by atoms with van der Waals surface area (Å²) in [4.78, 5) is 0. The zero-order valence-corrected chi connectivity index (χ0v) is 6.55. The maximum absolute atomic E-state index is 12.9. The van der Waals surface area contributed by atoms with E-state index in [4.69, 9.17) is 5.73 Å². The van der Waals surface area contributed by atoms with Gasteiger partial charge in [0, 0.05) is 11.6 Å². The lowest BCUT2D eigenvalue weighted by Gasteiger charge is -2.08. The lowest BCUT2D eigenvalue weighted by atomic mass is 10.1. The molecule has 0 saturated heterocycles. The highest BCUT2D eigenvalue weighted by Gasteiger charge is 2.06. The first-order chi connectivity index (χ1) is 5.25. The molecule has 0 amide bonds. The van der Waals surface area contributed by atoms with Gasteiger partial charge in [-0.2, -0.15) is 0 Å². The lowest BCUT2D eigenvalue weighted by Crippen LogP contribution is -2.10. The summed E-state index contributed by atoms with van der Waals surface area (Å²) in [6, 6.07) is 6.46. The van der Waals surface area contributed by atoms with Gasteiger partial charge in [-0.3, -0.25) is 0 Å². The molecular weight excluding hydrogens is 141 g/mol. The van der Waals surface area contributed by atoms with Crippen molar-refractivity contribution in [3.05, 3.63) is 35.6 Å². The van der Waals surface area contributed by atoms with E-state index in [-0.39, 0.29) is 11.9 Å². The number of benzene rings is 1. The highest BCUT2D eigenvalue weighted by Crippen LogP contribution is 2.16. The van der Waals surface area contributed by atoms with Crippen LogP contribution in [0.4, 0.5) is 4.39 Å². The van der Waals surface area contributed by atoms with Gasteiger partial charge in [-0.15, -0.1) is 0 Å². The van der Waals surface area contributed by atoms with E-state index in [9.17, 15) is 4.39 Å². The Kier molecular flexibility index (Phi) is 2.60. The van der Waals surface area contributed by atoms with Crippen molar-refractivity contribution < 1.29 is 4.39 Å². The van der Waals surface area contributed by atoms with E-state index in [1.54, 1.807) is 18.2 Å². The first-order valence-electron chi connectivity index (χ1n) is 3.75. The minimum absolute atomic E-state index is 0.170. The van der Waals surface area contributed by atoms with Crippen molar-refractivity contribution in [3.63, 3.8) is 0 Å². The Hall–Kier alpha value is -0.890. The maximum Gasteiger partial charge on any atom is 0.127 e. The first-order valence-corrected chi connectivity index (χ1v) is 3.75. The molecule has 1 aromatic carbocycles. The van der Waals surface area contributed by atoms with E-state index in [0.29, 0.717) is 5.56 Å². The number of hydrogen-bond acceptors (Lipinski definition) is 1. The second kappa shape index (κ2) is 3.49. The summed E-state index contributed by atoms with van der Waals surface area (Å²) in [6.45, 7) is 1.94. The van der Waals surface area contributed by atoms with Crippen LogP contribution in [0.3, 0.4) is 0 Å². The van der Waals surface area contributed by atoms with Crippen LogP contribution in [0.1, 0.15) is 24.9 Å². The monoisotopic (exact) mass is 153 g/mol. The van der Waals surface area contributed by atoms with E-state index < -0.39 is 0 Å². The molecule has 2 N–H and O–H groups in total. The molecule has 0 radical (unpaired) electrons. The predicted molar refractivity (Wildman–Crippen MR) is 43.6 cm³/mol. The number of hydrogen-bond donors (Lipinski definition) is 1. The van der Waals surface area contributed by atoms with Gasteiger partial charge in [0.15, 0.2) is 0 Å². The molecule has 2 heteroatoms. The second-order valence-electron chi connectivity index (χ2n) is 2.54. The van der Waals surface area contributed by atoms with Crippen molar-refractivity contribution in [1.29, 1.82) is 0 Å². The molecule has 60 valence electrons. The molecule has 1 aromatic rings. The number of nitrogens with two attached hydrogens (primary N) is 1. The summed E-state index contributed by atoms with van der Waals surface area (Å²) in [5.41, 5.74) is 6.26. The fraction of sp³-hybridized carbons (Fsp3) is 0.333. The molecule has 11 heavy (non-hydrogen) atoms. The van der Waals surface area contributed by atoms with Gasteiger partial charge in [-0.05, 0) is 12.5 Å². The van der Waals surface area contributed by atoms with Crippen LogP contribution in [0, 0.1) is 5.82 Å². The average Bonchev–Trinajstić information content (AvgIpc) is 2.04. The summed E-state index contributed by atoms with van der Waals surface area (Å²) < 4.78 is 12.9. The van der Waals surface area contributed by atoms with Gasteiger partial charge in [-0.1, -0.05) is 25.1 Å². The van der Waals surface area contributed by atoms with E-state index in [1.807, 2.05) is 6.92 Å². The van der Waals surface area contributed by atoms with Crippen molar-refractivity contribution in [3.8, 4) is 0 Å². The predicted octanol–water partition coefficient (Wildman–Crippen LogP) is 2.24. The van der Waals surface area contributed by atoms with E-state index in [0.717, 1.165) is 6.42 Å². The SMILES string of the molecule is CC[C@H](N)c1ccccc1F. The van der Waals surface area contributed by atoms with E-state index in [1.165, 1.54) is 6.07 Å². The molecular formula is C9H12FN. The van der Waals surface area contributed by atoms with Crippen LogP contribution >= 0.6 is 0 Å². The third-order valence-electron chi connectivity index (χ3n) is 1.74. The summed E-state index contributed by atoms with van der Waals surface area (Å²) >= 11 is 0. The van der Waals surface area contributed by atoms with Gasteiger partial charge in [0.2, 0.25) is 0 Å². The lowest BCUT2D eigenvalue weighted by molar-refractivity contribution is 0.575. The highest BCUT2D eigenvalue weighted by atomic mass is 19.1. The van der Waals surface area contributed by atoms with Crippen LogP contribution in [-0.4, -0.2) is 0 Å². The van der Waals surface area contributed by atoms with Gasteiger partial charge in [0.25, 0.3) is 0 Å². The zero-order chi connectivity index (χ0) is 8.27. The smallest absolute Gasteiger partial charge is 0.127 e. The van der Waals surface area contributed by atoms with Crippen molar-refractivity contribution in [1.82, 2.24) is 0 Å². The van der Waals surface area contributed by atoms with Gasteiger partial charge in [-0.25, -0.2) is 4.39 Å². The molecule has 0 aliphatic heterocycles. The van der Waals surface area contributed by atoms with E-state index >= 15 is 0 Å². The fourth-order valence-electron chi connectivity index (χ4n) is 0.996. The molecule has 0 aliphatic carbocycles. The molecule has 1 rings (SSSR count). The van der Waals surface area contributed by atoms with Crippen molar-refractivity contribution in [2.75, 3.05) is 0 Å². The van der Waals surface area contributed by atoms with E-state index in [2.05, 4.69) is 0 Å². The Balaban J connectivity index is 2.93. The number of rotatable bonds is 2. The Labute approximate surface area is 66.0 Å². The maximum atomic E-state index is 12.9. The minimum atomic E-state index is -0.207.